The van der Waals surface area contributed by atoms with Crippen LogP contribution in [0.3, 0.4) is 0 Å². The van der Waals surface area contributed by atoms with Crippen molar-refractivity contribution in [1.82, 2.24) is 0 Å². The number of hydrogen-bond acceptors (Lipinski definition) is 2. The highest BCUT2D eigenvalue weighted by atomic mass is 79.9. The van der Waals surface area contributed by atoms with Crippen molar-refractivity contribution in [3.63, 3.8) is 0 Å². The zero-order chi connectivity index (χ0) is 15.6. The Kier molecular flexibility index (Phi) is 5.87. The van der Waals surface area contributed by atoms with Gasteiger partial charge in [-0.3, -0.25) is 0 Å². The van der Waals surface area contributed by atoms with E-state index in [2.05, 4.69) is 68.9 Å². The highest BCUT2D eigenvalue weighted by Gasteiger charge is 2.37. The Morgan fingerprint density at radius 3 is 2.35 bits per heavy atom. The zero-order valence-electron chi connectivity index (χ0n) is 13.7. The first kappa shape index (κ1) is 17.7. The molecule has 0 radical (unpaired) electrons. The Morgan fingerprint density at radius 2 is 1.85 bits per heavy atom. The third-order valence-corrected chi connectivity index (χ3v) is 9.22. The molecule has 0 amide bonds. The van der Waals surface area contributed by atoms with Crippen molar-refractivity contribution in [1.29, 1.82) is 0 Å². The van der Waals surface area contributed by atoms with Crippen LogP contribution in [0.25, 0.3) is 0 Å². The molecule has 0 saturated heterocycles. The summed E-state index contributed by atoms with van der Waals surface area (Å²) in [5.41, 5.74) is 1.20. The molecule has 0 bridgehead atoms. The molecule has 0 N–H and O–H groups in total. The van der Waals surface area contributed by atoms with Crippen molar-refractivity contribution in [2.24, 2.45) is 0 Å². The number of halogens is 1. The monoisotopic (exact) mass is 358 g/mol. The van der Waals surface area contributed by atoms with Crippen LogP contribution in [0.2, 0.25) is 18.1 Å². The average molecular weight is 359 g/mol. The highest BCUT2D eigenvalue weighted by molar-refractivity contribution is 9.10. The van der Waals surface area contributed by atoms with E-state index in [1.54, 1.807) is 7.11 Å². The molecule has 0 aliphatic rings. The second-order valence-corrected chi connectivity index (χ2v) is 12.6. The number of ether oxygens (including phenoxy) is 1. The van der Waals surface area contributed by atoms with Gasteiger partial charge in [-0.25, -0.2) is 0 Å². The fraction of sp³-hybridized carbons (Fsp3) is 0.625. The number of rotatable bonds is 5. The van der Waals surface area contributed by atoms with Crippen molar-refractivity contribution >= 4 is 24.2 Å². The minimum absolute atomic E-state index is 0.247. The fourth-order valence-electron chi connectivity index (χ4n) is 1.73. The maximum absolute atomic E-state index is 6.31. The van der Waals surface area contributed by atoms with E-state index in [0.717, 1.165) is 16.8 Å². The lowest BCUT2D eigenvalue weighted by atomic mass is 10.0. The van der Waals surface area contributed by atoms with Crippen LogP contribution in [0.15, 0.2) is 22.7 Å². The summed E-state index contributed by atoms with van der Waals surface area (Å²) in [7, 11) is 0.0258. The zero-order valence-corrected chi connectivity index (χ0v) is 16.3. The third-order valence-electron chi connectivity index (χ3n) is 4.23. The van der Waals surface area contributed by atoms with E-state index in [9.17, 15) is 0 Å². The third kappa shape index (κ3) is 4.33. The number of methoxy groups -OCH3 is 1. The molecule has 20 heavy (non-hydrogen) atoms. The second-order valence-electron chi connectivity index (χ2n) is 6.86. The Hall–Kier alpha value is -0.323. The molecule has 1 aromatic rings. The van der Waals surface area contributed by atoms with Crippen LogP contribution < -0.4 is 4.74 Å². The van der Waals surface area contributed by atoms with Gasteiger partial charge < -0.3 is 9.16 Å². The van der Waals surface area contributed by atoms with Crippen molar-refractivity contribution in [2.75, 3.05) is 13.7 Å². The largest absolute Gasteiger partial charge is 0.496 e. The van der Waals surface area contributed by atoms with Crippen molar-refractivity contribution in [3.05, 3.63) is 28.2 Å². The molecule has 0 aliphatic heterocycles. The standard InChI is InChI=1S/C16H27BrO2Si/c1-12(11-19-20(6,7)16(2,3)4)14-9-8-13(17)10-15(14)18-5/h8-10,12H,11H2,1-7H3/t12-/m0/s1. The summed E-state index contributed by atoms with van der Waals surface area (Å²) in [5, 5.41) is 0.247. The van der Waals surface area contributed by atoms with Crippen molar-refractivity contribution in [3.8, 4) is 5.75 Å². The maximum atomic E-state index is 6.31. The molecule has 2 nitrogen and oxygen atoms in total. The predicted octanol–water partition coefficient (Wildman–Crippen LogP) is 5.58. The normalized spacial score (nSPS) is 14.2. The van der Waals surface area contributed by atoms with E-state index < -0.39 is 8.32 Å². The fourth-order valence-corrected chi connectivity index (χ4v) is 3.17. The predicted molar refractivity (Wildman–Crippen MR) is 92.3 cm³/mol. The van der Waals surface area contributed by atoms with Gasteiger partial charge in [-0.05, 0) is 35.8 Å². The Balaban J connectivity index is 2.80. The maximum Gasteiger partial charge on any atom is 0.192 e. The molecule has 1 rings (SSSR count). The first-order valence-corrected chi connectivity index (χ1v) is 10.8. The van der Waals surface area contributed by atoms with Gasteiger partial charge in [-0.15, -0.1) is 0 Å². The van der Waals surface area contributed by atoms with Crippen molar-refractivity contribution in [2.45, 2.75) is 51.7 Å². The van der Waals surface area contributed by atoms with Gasteiger partial charge in [0.1, 0.15) is 5.75 Å². The lowest BCUT2D eigenvalue weighted by Gasteiger charge is -2.37. The quantitative estimate of drug-likeness (QED) is 0.639. The Bertz CT molecular complexity index is 452. The smallest absolute Gasteiger partial charge is 0.192 e. The van der Waals surface area contributed by atoms with Crippen LogP contribution in [0, 0.1) is 0 Å². The summed E-state index contributed by atoms with van der Waals surface area (Å²) in [6.07, 6.45) is 0. The van der Waals surface area contributed by atoms with Crippen LogP contribution in [0.1, 0.15) is 39.2 Å². The van der Waals surface area contributed by atoms with Crippen molar-refractivity contribution < 1.29 is 9.16 Å². The van der Waals surface area contributed by atoms with E-state index in [1.165, 1.54) is 5.56 Å². The Labute approximate surface area is 133 Å². The summed E-state index contributed by atoms with van der Waals surface area (Å²) >= 11 is 3.48. The minimum atomic E-state index is -1.69. The van der Waals surface area contributed by atoms with Crippen LogP contribution in [0.4, 0.5) is 0 Å². The van der Waals surface area contributed by atoms with Crippen LogP contribution in [-0.2, 0) is 4.43 Å². The van der Waals surface area contributed by atoms with Gasteiger partial charge in [-0.1, -0.05) is 49.7 Å². The lowest BCUT2D eigenvalue weighted by Crippen LogP contribution is -2.41. The molecule has 0 heterocycles. The molecule has 114 valence electrons. The first-order chi connectivity index (χ1) is 9.08. The van der Waals surface area contributed by atoms with Gasteiger partial charge in [0.2, 0.25) is 0 Å². The van der Waals surface area contributed by atoms with E-state index in [4.69, 9.17) is 9.16 Å². The SMILES string of the molecule is COc1cc(Br)ccc1[C@@H](C)CO[Si](C)(C)C(C)(C)C. The summed E-state index contributed by atoms with van der Waals surface area (Å²) in [5.74, 6) is 1.25. The molecule has 0 saturated carbocycles. The first-order valence-electron chi connectivity index (χ1n) is 7.06. The molecule has 0 aliphatic carbocycles. The summed E-state index contributed by atoms with van der Waals surface area (Å²) in [6, 6.07) is 6.18. The molecule has 4 heteroatoms. The van der Waals surface area contributed by atoms with E-state index >= 15 is 0 Å². The van der Waals surface area contributed by atoms with Gasteiger partial charge in [-0.2, -0.15) is 0 Å². The van der Waals surface area contributed by atoms with Gasteiger partial charge in [0.15, 0.2) is 8.32 Å². The minimum Gasteiger partial charge on any atom is -0.496 e. The number of benzene rings is 1. The molecule has 1 aromatic carbocycles. The van der Waals surface area contributed by atoms with Gasteiger partial charge in [0.05, 0.1) is 7.11 Å². The van der Waals surface area contributed by atoms with E-state index in [0.29, 0.717) is 5.92 Å². The summed E-state index contributed by atoms with van der Waals surface area (Å²) in [6.45, 7) is 14.3. The highest BCUT2D eigenvalue weighted by Crippen LogP contribution is 2.38. The van der Waals surface area contributed by atoms with Crippen LogP contribution >= 0.6 is 15.9 Å². The van der Waals surface area contributed by atoms with E-state index in [-0.39, 0.29) is 5.04 Å². The molecule has 1 atom stereocenters. The molecule has 0 fully saturated rings. The summed E-state index contributed by atoms with van der Waals surface area (Å²) in [4.78, 5) is 0. The average Bonchev–Trinajstić information content (AvgIpc) is 2.34. The Morgan fingerprint density at radius 1 is 1.25 bits per heavy atom. The molecule has 0 spiro atoms. The molecular weight excluding hydrogens is 332 g/mol. The van der Waals surface area contributed by atoms with Gasteiger partial charge in [0.25, 0.3) is 0 Å². The van der Waals surface area contributed by atoms with Gasteiger partial charge >= 0.3 is 0 Å². The summed E-state index contributed by atoms with van der Waals surface area (Å²) < 4.78 is 12.8. The topological polar surface area (TPSA) is 18.5 Å². The molecule has 0 unspecified atom stereocenters. The van der Waals surface area contributed by atoms with Crippen LogP contribution in [-0.4, -0.2) is 22.0 Å². The van der Waals surface area contributed by atoms with E-state index in [1.807, 2.05) is 6.07 Å². The lowest BCUT2D eigenvalue weighted by molar-refractivity contribution is 0.266. The molecular formula is C16H27BrO2Si. The molecule has 0 aromatic heterocycles. The van der Waals surface area contributed by atoms with Gasteiger partial charge in [0, 0.05) is 17.0 Å². The second kappa shape index (κ2) is 6.63. The number of hydrogen-bond donors (Lipinski definition) is 0. The van der Waals surface area contributed by atoms with Crippen LogP contribution in [0.5, 0.6) is 5.75 Å².